The Balaban J connectivity index is 1.40. The molecule has 1 aliphatic heterocycles. The first-order valence-electron chi connectivity index (χ1n) is 9.82. The predicted molar refractivity (Wildman–Crippen MR) is 118 cm³/mol. The van der Waals surface area contributed by atoms with Gasteiger partial charge in [0.2, 0.25) is 0 Å². The number of tetrazole rings is 1. The summed E-state index contributed by atoms with van der Waals surface area (Å²) in [6.45, 7) is 0.572. The SMILES string of the molecule is O=C(c1ccc([N+](=O)[O-])cc1)n1nnnc1CCN1c2ccccc2Sc2ccccc21. The average molecular weight is 444 g/mol. The number of fused-ring (bicyclic) bond motifs is 2. The Morgan fingerprint density at radius 1 is 0.938 bits per heavy atom. The molecule has 1 aliphatic rings. The molecule has 0 atom stereocenters. The van der Waals surface area contributed by atoms with Gasteiger partial charge in [-0.15, -0.1) is 5.10 Å². The van der Waals surface area contributed by atoms with E-state index >= 15 is 0 Å². The summed E-state index contributed by atoms with van der Waals surface area (Å²) in [5.74, 6) is -0.0172. The molecule has 0 saturated heterocycles. The molecule has 0 unspecified atom stereocenters. The molecule has 10 heteroatoms. The van der Waals surface area contributed by atoms with E-state index in [0.717, 1.165) is 25.8 Å². The number of hydrogen-bond donors (Lipinski definition) is 0. The molecule has 0 spiro atoms. The first-order valence-corrected chi connectivity index (χ1v) is 10.6. The van der Waals surface area contributed by atoms with Crippen molar-refractivity contribution in [3.8, 4) is 0 Å². The van der Waals surface area contributed by atoms with Gasteiger partial charge in [0.05, 0.1) is 16.3 Å². The molecule has 0 saturated carbocycles. The average Bonchev–Trinajstić information content (AvgIpc) is 3.30. The van der Waals surface area contributed by atoms with Gasteiger partial charge in [0.15, 0.2) is 5.82 Å². The minimum Gasteiger partial charge on any atom is -0.339 e. The highest BCUT2D eigenvalue weighted by molar-refractivity contribution is 7.99. The van der Waals surface area contributed by atoms with Crippen LogP contribution in [-0.2, 0) is 6.42 Å². The molecule has 158 valence electrons. The molecule has 2 heterocycles. The zero-order valence-corrected chi connectivity index (χ0v) is 17.5. The molecular formula is C22H16N6O3S. The van der Waals surface area contributed by atoms with Crippen LogP contribution in [0.1, 0.15) is 16.2 Å². The van der Waals surface area contributed by atoms with Crippen LogP contribution in [0.4, 0.5) is 17.1 Å². The van der Waals surface area contributed by atoms with Gasteiger partial charge < -0.3 is 4.90 Å². The van der Waals surface area contributed by atoms with E-state index in [1.54, 1.807) is 11.8 Å². The molecule has 0 N–H and O–H groups in total. The van der Waals surface area contributed by atoms with Crippen LogP contribution in [0.5, 0.6) is 0 Å². The molecule has 0 amide bonds. The third-order valence-corrected chi connectivity index (χ3v) is 6.27. The summed E-state index contributed by atoms with van der Waals surface area (Å²) < 4.78 is 1.15. The van der Waals surface area contributed by atoms with E-state index in [1.165, 1.54) is 24.3 Å². The first kappa shape index (κ1) is 19.9. The van der Waals surface area contributed by atoms with E-state index in [4.69, 9.17) is 0 Å². The number of hydrogen-bond acceptors (Lipinski definition) is 8. The number of nitro benzene ring substituents is 1. The lowest BCUT2D eigenvalue weighted by Gasteiger charge is -2.32. The van der Waals surface area contributed by atoms with Gasteiger partial charge in [-0.05, 0) is 46.8 Å². The van der Waals surface area contributed by atoms with Crippen molar-refractivity contribution in [2.45, 2.75) is 16.2 Å². The number of carbonyl (C=O) groups is 1. The topological polar surface area (TPSA) is 107 Å². The third-order valence-electron chi connectivity index (χ3n) is 5.14. The summed E-state index contributed by atoms with van der Waals surface area (Å²) in [4.78, 5) is 27.8. The molecule has 0 bridgehead atoms. The molecule has 0 aliphatic carbocycles. The van der Waals surface area contributed by atoms with Gasteiger partial charge in [-0.25, -0.2) is 0 Å². The van der Waals surface area contributed by atoms with E-state index in [-0.39, 0.29) is 11.3 Å². The number of benzene rings is 3. The smallest absolute Gasteiger partial charge is 0.281 e. The van der Waals surface area contributed by atoms with Crippen LogP contribution in [0.2, 0.25) is 0 Å². The van der Waals surface area contributed by atoms with Crippen molar-refractivity contribution in [1.29, 1.82) is 0 Å². The largest absolute Gasteiger partial charge is 0.339 e. The molecule has 32 heavy (non-hydrogen) atoms. The van der Waals surface area contributed by atoms with E-state index in [9.17, 15) is 14.9 Å². The zero-order chi connectivity index (χ0) is 22.1. The van der Waals surface area contributed by atoms with Crippen molar-refractivity contribution in [1.82, 2.24) is 20.2 Å². The van der Waals surface area contributed by atoms with Crippen LogP contribution in [0.15, 0.2) is 82.6 Å². The lowest BCUT2D eigenvalue weighted by atomic mass is 10.2. The summed E-state index contributed by atoms with van der Waals surface area (Å²) in [6.07, 6.45) is 0.430. The van der Waals surface area contributed by atoms with Gasteiger partial charge in [0.1, 0.15) is 0 Å². The van der Waals surface area contributed by atoms with Crippen LogP contribution < -0.4 is 4.90 Å². The number of non-ortho nitro benzene ring substituents is 1. The number of carbonyl (C=O) groups excluding carboxylic acids is 1. The standard InChI is InChI=1S/C22H16N6O3S/c29-22(15-9-11-16(12-10-15)28(30)31)27-21(23-24-25-27)13-14-26-17-5-1-3-7-19(17)32-20-8-4-2-6-18(20)26/h1-12H,13-14H2. The highest BCUT2D eigenvalue weighted by atomic mass is 32.2. The Morgan fingerprint density at radius 2 is 1.56 bits per heavy atom. The zero-order valence-electron chi connectivity index (χ0n) is 16.7. The van der Waals surface area contributed by atoms with Crippen LogP contribution in [0.25, 0.3) is 0 Å². The second-order valence-electron chi connectivity index (χ2n) is 7.06. The van der Waals surface area contributed by atoms with Crippen LogP contribution in [0, 0.1) is 10.1 Å². The van der Waals surface area contributed by atoms with Crippen molar-refractivity contribution in [2.75, 3.05) is 11.4 Å². The Hall–Kier alpha value is -4.05. The molecule has 1 aromatic heterocycles. The number of nitrogens with zero attached hydrogens (tertiary/aromatic N) is 6. The number of rotatable bonds is 5. The van der Waals surface area contributed by atoms with Crippen molar-refractivity contribution in [2.24, 2.45) is 0 Å². The predicted octanol–water partition coefficient (Wildman–Crippen LogP) is 4.12. The second kappa shape index (κ2) is 8.23. The lowest BCUT2D eigenvalue weighted by molar-refractivity contribution is -0.384. The maximum Gasteiger partial charge on any atom is 0.281 e. The lowest BCUT2D eigenvalue weighted by Crippen LogP contribution is -2.25. The van der Waals surface area contributed by atoms with Gasteiger partial charge in [0.25, 0.3) is 11.6 Å². The summed E-state index contributed by atoms with van der Waals surface area (Å²) >= 11 is 1.73. The molecule has 5 rings (SSSR count). The Kier molecular flexibility index (Phi) is 5.12. The van der Waals surface area contributed by atoms with Gasteiger partial charge in [-0.3, -0.25) is 14.9 Å². The van der Waals surface area contributed by atoms with Gasteiger partial charge in [0, 0.05) is 40.5 Å². The molecular weight excluding hydrogens is 428 g/mol. The quantitative estimate of drug-likeness (QED) is 0.257. The maximum absolute atomic E-state index is 12.9. The molecule has 4 aromatic rings. The Bertz CT molecular complexity index is 1280. The maximum atomic E-state index is 12.9. The van der Waals surface area contributed by atoms with E-state index in [1.807, 2.05) is 24.3 Å². The number of nitro groups is 1. The molecule has 0 radical (unpaired) electrons. The Labute approximate surface area is 186 Å². The minimum absolute atomic E-state index is 0.0845. The third kappa shape index (κ3) is 3.60. The highest BCUT2D eigenvalue weighted by Gasteiger charge is 2.24. The van der Waals surface area contributed by atoms with Crippen molar-refractivity contribution >= 4 is 34.7 Å². The van der Waals surface area contributed by atoms with Crippen molar-refractivity contribution in [3.05, 3.63) is 94.3 Å². The Morgan fingerprint density at radius 3 is 2.19 bits per heavy atom. The fourth-order valence-corrected chi connectivity index (χ4v) is 4.70. The van der Waals surface area contributed by atoms with Gasteiger partial charge in [-0.2, -0.15) is 4.68 Å². The monoisotopic (exact) mass is 444 g/mol. The van der Waals surface area contributed by atoms with Gasteiger partial charge >= 0.3 is 0 Å². The second-order valence-corrected chi connectivity index (χ2v) is 8.14. The summed E-state index contributed by atoms with van der Waals surface area (Å²) in [7, 11) is 0. The van der Waals surface area contributed by atoms with Gasteiger partial charge in [-0.1, -0.05) is 36.0 Å². The molecule has 0 fully saturated rings. The van der Waals surface area contributed by atoms with Crippen molar-refractivity contribution < 1.29 is 9.72 Å². The summed E-state index contributed by atoms with van der Waals surface area (Å²) in [6, 6.07) is 21.7. The molecule has 3 aromatic carbocycles. The van der Waals surface area contributed by atoms with E-state index < -0.39 is 10.8 Å². The molecule has 9 nitrogen and oxygen atoms in total. The van der Waals surface area contributed by atoms with Crippen LogP contribution in [0.3, 0.4) is 0 Å². The summed E-state index contributed by atoms with van der Waals surface area (Å²) in [5.41, 5.74) is 2.38. The number of anilines is 2. The fraction of sp³-hybridized carbons (Fsp3) is 0.0909. The summed E-state index contributed by atoms with van der Waals surface area (Å²) in [5, 5.41) is 22.4. The first-order chi connectivity index (χ1) is 15.6. The van der Waals surface area contributed by atoms with E-state index in [2.05, 4.69) is 44.7 Å². The minimum atomic E-state index is -0.511. The number of aromatic nitrogens is 4. The van der Waals surface area contributed by atoms with E-state index in [0.29, 0.717) is 18.8 Å². The van der Waals surface area contributed by atoms with Crippen LogP contribution in [-0.4, -0.2) is 37.6 Å². The number of para-hydroxylation sites is 2. The van der Waals surface area contributed by atoms with Crippen LogP contribution >= 0.6 is 11.8 Å². The fourth-order valence-electron chi connectivity index (χ4n) is 3.60. The normalized spacial score (nSPS) is 12.2. The van der Waals surface area contributed by atoms with Crippen molar-refractivity contribution in [3.63, 3.8) is 0 Å². The highest BCUT2D eigenvalue weighted by Crippen LogP contribution is 2.47.